The van der Waals surface area contributed by atoms with Crippen LogP contribution in [-0.2, 0) is 9.59 Å². The van der Waals surface area contributed by atoms with E-state index in [4.69, 9.17) is 9.84 Å². The average molecular weight is 263 g/mol. The van der Waals surface area contributed by atoms with Crippen molar-refractivity contribution in [3.05, 3.63) is 35.4 Å². The average Bonchev–Trinajstić information content (AvgIpc) is 2.39. The van der Waals surface area contributed by atoms with Gasteiger partial charge in [0.1, 0.15) is 5.75 Å². The first-order valence-corrected chi connectivity index (χ1v) is 5.91. The minimum Gasteiger partial charge on any atom is -0.492 e. The molecule has 0 aliphatic heterocycles. The van der Waals surface area contributed by atoms with Gasteiger partial charge in [-0.1, -0.05) is 12.1 Å². The van der Waals surface area contributed by atoms with Gasteiger partial charge < -0.3 is 15.2 Å². The summed E-state index contributed by atoms with van der Waals surface area (Å²) in [4.78, 5) is 22.7. The van der Waals surface area contributed by atoms with E-state index < -0.39 is 11.9 Å². The Labute approximate surface area is 111 Å². The van der Waals surface area contributed by atoms with Crippen LogP contribution in [0.3, 0.4) is 0 Å². The van der Waals surface area contributed by atoms with Gasteiger partial charge in [0.05, 0.1) is 12.3 Å². The van der Waals surface area contributed by atoms with Crippen molar-refractivity contribution in [3.8, 4) is 5.75 Å². The second-order valence-electron chi connectivity index (χ2n) is 3.94. The van der Waals surface area contributed by atoms with E-state index in [1.807, 2.05) is 6.92 Å². The molecule has 0 saturated heterocycles. The van der Waals surface area contributed by atoms with Gasteiger partial charge in [0.15, 0.2) is 0 Å². The molecule has 2 N–H and O–H groups in total. The number of anilines is 1. The molecule has 1 rings (SSSR count). The molecule has 5 nitrogen and oxygen atoms in total. The second-order valence-corrected chi connectivity index (χ2v) is 3.94. The lowest BCUT2D eigenvalue weighted by atomic mass is 10.1. The first kappa shape index (κ1) is 14.8. The van der Waals surface area contributed by atoms with Crippen molar-refractivity contribution in [3.63, 3.8) is 0 Å². The van der Waals surface area contributed by atoms with E-state index in [1.54, 1.807) is 24.3 Å². The third-order valence-corrected chi connectivity index (χ3v) is 2.66. The quantitative estimate of drug-likeness (QED) is 0.800. The Bertz CT molecular complexity index is 520. The molecule has 1 aromatic rings. The van der Waals surface area contributed by atoms with Crippen LogP contribution in [0.1, 0.15) is 20.8 Å². The first-order chi connectivity index (χ1) is 8.97. The van der Waals surface area contributed by atoms with E-state index >= 15 is 0 Å². The molecule has 0 heterocycles. The number of rotatable bonds is 5. The molecule has 0 bridgehead atoms. The zero-order chi connectivity index (χ0) is 14.4. The van der Waals surface area contributed by atoms with Gasteiger partial charge in [-0.3, -0.25) is 4.79 Å². The van der Waals surface area contributed by atoms with Crippen molar-refractivity contribution in [2.45, 2.75) is 20.8 Å². The Balaban J connectivity index is 2.94. The number of para-hydroxylation sites is 2. The fourth-order valence-corrected chi connectivity index (χ4v) is 1.40. The Morgan fingerprint density at radius 2 is 1.84 bits per heavy atom. The van der Waals surface area contributed by atoms with Crippen LogP contribution in [0.5, 0.6) is 5.75 Å². The summed E-state index contributed by atoms with van der Waals surface area (Å²) in [5, 5.41) is 11.5. The molecule has 0 aromatic heterocycles. The Morgan fingerprint density at radius 3 is 2.42 bits per heavy atom. The number of amides is 1. The number of carbonyl (C=O) groups excluding carboxylic acids is 1. The van der Waals surface area contributed by atoms with Crippen LogP contribution >= 0.6 is 0 Å². The SMILES string of the molecule is CCOc1ccccc1NC(=O)/C(C)=C(/C)C(=O)O. The number of aliphatic carboxylic acids is 1. The first-order valence-electron chi connectivity index (χ1n) is 5.91. The van der Waals surface area contributed by atoms with E-state index in [0.717, 1.165) is 0 Å². The van der Waals surface area contributed by atoms with Gasteiger partial charge in [-0.2, -0.15) is 0 Å². The van der Waals surface area contributed by atoms with Crippen molar-refractivity contribution in [2.75, 3.05) is 11.9 Å². The minimum absolute atomic E-state index is 0.0198. The largest absolute Gasteiger partial charge is 0.492 e. The van der Waals surface area contributed by atoms with Crippen molar-refractivity contribution >= 4 is 17.6 Å². The van der Waals surface area contributed by atoms with Crippen LogP contribution in [0.25, 0.3) is 0 Å². The molecule has 0 atom stereocenters. The Hall–Kier alpha value is -2.30. The number of benzene rings is 1. The molecule has 1 amide bonds. The third-order valence-electron chi connectivity index (χ3n) is 2.66. The zero-order valence-electron chi connectivity index (χ0n) is 11.2. The lowest BCUT2D eigenvalue weighted by Gasteiger charge is -2.11. The summed E-state index contributed by atoms with van der Waals surface area (Å²) in [6.45, 7) is 5.20. The molecule has 1 aromatic carbocycles. The molecule has 0 unspecified atom stereocenters. The van der Waals surface area contributed by atoms with Gasteiger partial charge in [0.25, 0.3) is 5.91 Å². The molecule has 5 heteroatoms. The van der Waals surface area contributed by atoms with Crippen molar-refractivity contribution < 1.29 is 19.4 Å². The highest BCUT2D eigenvalue weighted by molar-refractivity contribution is 6.08. The number of carbonyl (C=O) groups is 2. The molecular weight excluding hydrogens is 246 g/mol. The molecule has 0 aliphatic carbocycles. The van der Waals surface area contributed by atoms with E-state index in [1.165, 1.54) is 13.8 Å². The predicted molar refractivity (Wildman–Crippen MR) is 72.3 cm³/mol. The molecule has 0 fully saturated rings. The number of ether oxygens (including phenoxy) is 1. The van der Waals surface area contributed by atoms with Gasteiger partial charge >= 0.3 is 5.97 Å². The van der Waals surface area contributed by atoms with Crippen LogP contribution in [0.2, 0.25) is 0 Å². The fourth-order valence-electron chi connectivity index (χ4n) is 1.40. The van der Waals surface area contributed by atoms with Crippen LogP contribution in [0, 0.1) is 0 Å². The maximum Gasteiger partial charge on any atom is 0.331 e. The summed E-state index contributed by atoms with van der Waals surface area (Å²) in [5.74, 6) is -1.00. The van der Waals surface area contributed by atoms with Gasteiger partial charge in [0, 0.05) is 11.1 Å². The van der Waals surface area contributed by atoms with Crippen molar-refractivity contribution in [1.29, 1.82) is 0 Å². The van der Waals surface area contributed by atoms with E-state index in [0.29, 0.717) is 18.0 Å². The number of carboxylic acids is 1. The number of nitrogens with one attached hydrogen (secondary N) is 1. The van der Waals surface area contributed by atoms with Crippen molar-refractivity contribution in [2.24, 2.45) is 0 Å². The highest BCUT2D eigenvalue weighted by Crippen LogP contribution is 2.24. The summed E-state index contributed by atoms with van der Waals surface area (Å²) in [6.07, 6.45) is 0. The minimum atomic E-state index is -1.11. The number of carboxylic acid groups (broad SMARTS) is 1. The van der Waals surface area contributed by atoms with E-state index in [-0.39, 0.29) is 11.1 Å². The summed E-state index contributed by atoms with van der Waals surface area (Å²) in [7, 11) is 0. The van der Waals surface area contributed by atoms with Crippen LogP contribution in [0.15, 0.2) is 35.4 Å². The van der Waals surface area contributed by atoms with Crippen molar-refractivity contribution in [1.82, 2.24) is 0 Å². The summed E-state index contributed by atoms with van der Waals surface area (Å²) < 4.78 is 5.38. The maximum atomic E-state index is 11.9. The van der Waals surface area contributed by atoms with Gasteiger partial charge in [-0.15, -0.1) is 0 Å². The molecule has 0 saturated carbocycles. The highest BCUT2D eigenvalue weighted by atomic mass is 16.5. The monoisotopic (exact) mass is 263 g/mol. The molecule has 0 spiro atoms. The lowest BCUT2D eigenvalue weighted by Crippen LogP contribution is -2.16. The summed E-state index contributed by atoms with van der Waals surface area (Å²) >= 11 is 0. The van der Waals surface area contributed by atoms with Crippen LogP contribution in [-0.4, -0.2) is 23.6 Å². The van der Waals surface area contributed by atoms with E-state index in [9.17, 15) is 9.59 Å². The summed E-state index contributed by atoms with van der Waals surface area (Å²) in [5.41, 5.74) is 0.706. The smallest absolute Gasteiger partial charge is 0.331 e. The van der Waals surface area contributed by atoms with Gasteiger partial charge in [-0.25, -0.2) is 4.79 Å². The summed E-state index contributed by atoms with van der Waals surface area (Å²) in [6, 6.07) is 7.00. The highest BCUT2D eigenvalue weighted by Gasteiger charge is 2.14. The van der Waals surface area contributed by atoms with E-state index in [2.05, 4.69) is 5.32 Å². The topological polar surface area (TPSA) is 75.6 Å². The predicted octanol–water partition coefficient (Wildman–Crippen LogP) is 2.44. The van der Waals surface area contributed by atoms with Crippen LogP contribution < -0.4 is 10.1 Å². The third kappa shape index (κ3) is 3.84. The molecule has 0 aliphatic rings. The number of hydrogen-bond donors (Lipinski definition) is 2. The normalized spacial score (nSPS) is 11.5. The lowest BCUT2D eigenvalue weighted by molar-refractivity contribution is -0.133. The van der Waals surface area contributed by atoms with Gasteiger partial charge in [-0.05, 0) is 32.9 Å². The van der Waals surface area contributed by atoms with Crippen LogP contribution in [0.4, 0.5) is 5.69 Å². The Morgan fingerprint density at radius 1 is 1.21 bits per heavy atom. The zero-order valence-corrected chi connectivity index (χ0v) is 11.2. The number of hydrogen-bond acceptors (Lipinski definition) is 3. The standard InChI is InChI=1S/C14H17NO4/c1-4-19-12-8-6-5-7-11(12)15-13(16)9(2)10(3)14(17)18/h5-8H,4H2,1-3H3,(H,15,16)(H,17,18)/b10-9-. The molecular formula is C14H17NO4. The molecule has 102 valence electrons. The van der Waals surface area contributed by atoms with Gasteiger partial charge in [0.2, 0.25) is 0 Å². The molecule has 19 heavy (non-hydrogen) atoms. The second kappa shape index (κ2) is 6.58. The Kier molecular flexibility index (Phi) is 5.11. The molecule has 0 radical (unpaired) electrons. The fraction of sp³-hybridized carbons (Fsp3) is 0.286. The maximum absolute atomic E-state index is 11.9.